The van der Waals surface area contributed by atoms with E-state index >= 15 is 0 Å². The maximum atomic E-state index is 12.7. The number of nitrogens with two attached hydrogens (primary N) is 1. The monoisotopic (exact) mass is 618 g/mol. The van der Waals surface area contributed by atoms with Gasteiger partial charge in [0.2, 0.25) is 5.91 Å². The van der Waals surface area contributed by atoms with Crippen LogP contribution in [0.4, 0.5) is 0 Å². The average Bonchev–Trinajstić information content (AvgIpc) is 2.97. The zero-order valence-electron chi connectivity index (χ0n) is 26.6. The minimum absolute atomic E-state index is 0.0374. The Hall–Kier alpha value is -1.06. The fourth-order valence-corrected chi connectivity index (χ4v) is 5.31. The first-order valence-corrected chi connectivity index (χ1v) is 18.1. The maximum Gasteiger partial charge on any atom is 0.472 e. The lowest BCUT2D eigenvalue weighted by molar-refractivity contribution is -0.131. The van der Waals surface area contributed by atoms with Crippen LogP contribution in [0.2, 0.25) is 0 Å². The van der Waals surface area contributed by atoms with Crippen molar-refractivity contribution in [3.63, 3.8) is 0 Å². The number of phosphoric ester groups is 1. The molecule has 248 valence electrons. The van der Waals surface area contributed by atoms with Gasteiger partial charge < -0.3 is 26.2 Å². The smallest absolute Gasteiger partial charge is 0.387 e. The van der Waals surface area contributed by atoms with Gasteiger partial charge in [0, 0.05) is 6.54 Å². The van der Waals surface area contributed by atoms with Gasteiger partial charge in [-0.25, -0.2) is 4.57 Å². The van der Waals surface area contributed by atoms with E-state index in [0.29, 0.717) is 6.42 Å². The quantitative estimate of drug-likeness (QED) is 0.0333. The number of hydrogen-bond donors (Lipinski definition) is 5. The minimum atomic E-state index is -4.41. The van der Waals surface area contributed by atoms with E-state index in [0.717, 1.165) is 38.5 Å². The second kappa shape index (κ2) is 28.7. The van der Waals surface area contributed by atoms with Crippen LogP contribution >= 0.6 is 7.82 Å². The number of aliphatic hydroxyl groups is 2. The Bertz CT molecular complexity index is 736. The summed E-state index contributed by atoms with van der Waals surface area (Å²) in [5, 5.41) is 23.6. The number of unbranched alkanes of at least 4 members (excludes halogenated alkanes) is 16. The number of hydrogen-bond acceptors (Lipinski definition) is 7. The first kappa shape index (κ1) is 40.9. The number of phosphoric acid groups is 1. The van der Waals surface area contributed by atoms with Crippen molar-refractivity contribution in [2.24, 2.45) is 5.73 Å². The largest absolute Gasteiger partial charge is 0.472 e. The van der Waals surface area contributed by atoms with Gasteiger partial charge >= 0.3 is 7.82 Å². The zero-order chi connectivity index (χ0) is 31.3. The van der Waals surface area contributed by atoms with Crippen LogP contribution in [0, 0.1) is 0 Å². The maximum absolute atomic E-state index is 12.7. The number of aliphatic hydroxyl groups excluding tert-OH is 2. The second-order valence-electron chi connectivity index (χ2n) is 11.2. The van der Waals surface area contributed by atoms with Crippen molar-refractivity contribution in [1.29, 1.82) is 0 Å². The summed E-state index contributed by atoms with van der Waals surface area (Å²) in [7, 11) is -4.41. The molecular formula is C32H63N2O7P. The van der Waals surface area contributed by atoms with Gasteiger partial charge in [0.05, 0.1) is 25.4 Å². The van der Waals surface area contributed by atoms with Crippen molar-refractivity contribution in [2.75, 3.05) is 19.8 Å². The van der Waals surface area contributed by atoms with Gasteiger partial charge in [0.15, 0.2) is 0 Å². The van der Waals surface area contributed by atoms with E-state index in [4.69, 9.17) is 14.8 Å². The molecule has 0 aliphatic carbocycles. The van der Waals surface area contributed by atoms with Crippen molar-refractivity contribution in [1.82, 2.24) is 5.32 Å². The summed E-state index contributed by atoms with van der Waals surface area (Å²) in [6.45, 7) is 3.80. The zero-order valence-corrected chi connectivity index (χ0v) is 27.5. The molecular weight excluding hydrogens is 555 g/mol. The van der Waals surface area contributed by atoms with Gasteiger partial charge in [-0.3, -0.25) is 13.8 Å². The van der Waals surface area contributed by atoms with E-state index in [1.165, 1.54) is 83.1 Å². The molecule has 0 spiro atoms. The predicted octanol–water partition coefficient (Wildman–Crippen LogP) is 6.85. The first-order valence-electron chi connectivity index (χ1n) is 16.6. The topological polar surface area (TPSA) is 151 Å². The number of rotatable bonds is 30. The molecule has 0 aromatic rings. The lowest BCUT2D eigenvalue weighted by Gasteiger charge is -2.24. The summed E-state index contributed by atoms with van der Waals surface area (Å²) in [6, 6.07) is -1.06. The average molecular weight is 619 g/mol. The van der Waals surface area contributed by atoms with Crippen LogP contribution in [0.5, 0.6) is 0 Å². The second-order valence-corrected chi connectivity index (χ2v) is 12.7. The molecule has 10 heteroatoms. The Morgan fingerprint density at radius 2 is 1.33 bits per heavy atom. The summed E-state index contributed by atoms with van der Waals surface area (Å²) in [5.41, 5.74) is 5.31. The van der Waals surface area contributed by atoms with E-state index in [-0.39, 0.29) is 13.2 Å². The molecule has 2 unspecified atom stereocenters. The number of nitrogens with one attached hydrogen (secondary N) is 1. The van der Waals surface area contributed by atoms with E-state index in [1.54, 1.807) is 6.08 Å². The highest BCUT2D eigenvalue weighted by molar-refractivity contribution is 7.47. The molecule has 0 rings (SSSR count). The van der Waals surface area contributed by atoms with Crippen LogP contribution in [0.1, 0.15) is 136 Å². The van der Waals surface area contributed by atoms with Gasteiger partial charge in [-0.15, -0.1) is 0 Å². The highest BCUT2D eigenvalue weighted by atomic mass is 31.2. The third-order valence-electron chi connectivity index (χ3n) is 7.19. The standard InChI is InChI=1S/C32H63N2O7P/c1-3-5-7-9-11-13-14-15-17-19-21-23-25-31(36)32(37)34-29(28-41-42(38,39)40-27-26-33)30(35)24-22-20-18-16-12-10-8-6-4-2/h18,20,22,24,29-31,35-36H,3-17,19,21,23,25-28,33H2,1-2H3,(H,34,37)(H,38,39)/b20-18+,24-22+/t29-,30+,31?/m0/s1. The fourth-order valence-electron chi connectivity index (χ4n) is 4.55. The predicted molar refractivity (Wildman–Crippen MR) is 172 cm³/mol. The van der Waals surface area contributed by atoms with Gasteiger partial charge in [0.1, 0.15) is 6.10 Å². The molecule has 4 atom stereocenters. The lowest BCUT2D eigenvalue weighted by Crippen LogP contribution is -2.49. The van der Waals surface area contributed by atoms with Gasteiger partial charge in [-0.2, -0.15) is 0 Å². The van der Waals surface area contributed by atoms with Crippen LogP contribution in [-0.4, -0.2) is 59.0 Å². The van der Waals surface area contributed by atoms with Crippen LogP contribution in [0.3, 0.4) is 0 Å². The first-order chi connectivity index (χ1) is 20.3. The fraction of sp³-hybridized carbons (Fsp3) is 0.844. The van der Waals surface area contributed by atoms with Crippen molar-refractivity contribution >= 4 is 13.7 Å². The Morgan fingerprint density at radius 3 is 1.88 bits per heavy atom. The molecule has 0 aromatic carbocycles. The molecule has 0 radical (unpaired) electrons. The lowest BCUT2D eigenvalue weighted by atomic mass is 10.0. The molecule has 0 aliphatic rings. The molecule has 0 aliphatic heterocycles. The number of allylic oxidation sites excluding steroid dienone is 3. The van der Waals surface area contributed by atoms with Crippen molar-refractivity contribution in [3.8, 4) is 0 Å². The third kappa shape index (κ3) is 25.4. The van der Waals surface area contributed by atoms with Crippen LogP contribution in [-0.2, 0) is 18.4 Å². The summed E-state index contributed by atoms with van der Waals surface area (Å²) < 4.78 is 21.8. The Kier molecular flexibility index (Phi) is 28.0. The van der Waals surface area contributed by atoms with Crippen molar-refractivity contribution < 1.29 is 33.5 Å². The third-order valence-corrected chi connectivity index (χ3v) is 8.18. The molecule has 0 saturated carbocycles. The summed E-state index contributed by atoms with van der Waals surface area (Å²) in [4.78, 5) is 22.5. The van der Waals surface area contributed by atoms with Gasteiger partial charge in [-0.05, 0) is 19.3 Å². The molecule has 0 fully saturated rings. The van der Waals surface area contributed by atoms with Crippen LogP contribution in [0.15, 0.2) is 24.3 Å². The summed E-state index contributed by atoms with van der Waals surface area (Å²) in [6.07, 6.45) is 26.1. The molecule has 0 heterocycles. The molecule has 1 amide bonds. The number of carbonyl (C=O) groups is 1. The van der Waals surface area contributed by atoms with E-state index in [1.807, 2.05) is 12.2 Å². The molecule has 9 nitrogen and oxygen atoms in total. The SMILES string of the molecule is CCCCCCC/C=C/C=C/[C@@H](O)[C@H](COP(=O)(O)OCCN)NC(=O)C(O)CCCCCCCCCCCCCC. The molecule has 6 N–H and O–H groups in total. The van der Waals surface area contributed by atoms with E-state index in [2.05, 4.69) is 19.2 Å². The van der Waals surface area contributed by atoms with Crippen LogP contribution in [0.25, 0.3) is 0 Å². The molecule has 0 bridgehead atoms. The van der Waals surface area contributed by atoms with E-state index < -0.39 is 38.6 Å². The van der Waals surface area contributed by atoms with Crippen molar-refractivity contribution in [3.05, 3.63) is 24.3 Å². The Balaban J connectivity index is 4.58. The molecule has 0 aromatic heterocycles. The van der Waals surface area contributed by atoms with Crippen LogP contribution < -0.4 is 11.1 Å². The normalized spacial score (nSPS) is 15.7. The number of carbonyl (C=O) groups excluding carboxylic acids is 1. The molecule has 42 heavy (non-hydrogen) atoms. The highest BCUT2D eigenvalue weighted by Crippen LogP contribution is 2.43. The van der Waals surface area contributed by atoms with Gasteiger partial charge in [0.25, 0.3) is 0 Å². The minimum Gasteiger partial charge on any atom is -0.387 e. The summed E-state index contributed by atoms with van der Waals surface area (Å²) >= 11 is 0. The Labute approximate surface area is 256 Å². The highest BCUT2D eigenvalue weighted by Gasteiger charge is 2.28. The van der Waals surface area contributed by atoms with Gasteiger partial charge in [-0.1, -0.05) is 141 Å². The number of amides is 1. The molecule has 0 saturated heterocycles. The van der Waals surface area contributed by atoms with Crippen molar-refractivity contribution in [2.45, 2.75) is 154 Å². The Morgan fingerprint density at radius 1 is 0.810 bits per heavy atom. The summed E-state index contributed by atoms with van der Waals surface area (Å²) in [5.74, 6) is -0.655. The van der Waals surface area contributed by atoms with E-state index in [9.17, 15) is 24.5 Å².